The van der Waals surface area contributed by atoms with Gasteiger partial charge in [0.15, 0.2) is 0 Å². The van der Waals surface area contributed by atoms with E-state index in [4.69, 9.17) is 0 Å². The van der Waals surface area contributed by atoms with Crippen molar-refractivity contribution in [3.05, 3.63) is 30.3 Å². The number of carbonyl (C=O) groups excluding carboxylic acids is 2. The molecule has 0 radical (unpaired) electrons. The fourth-order valence-electron chi connectivity index (χ4n) is 2.70. The predicted molar refractivity (Wildman–Crippen MR) is 98.7 cm³/mol. The second-order valence-corrected chi connectivity index (χ2v) is 9.37. The molecule has 1 unspecified atom stereocenters. The Kier molecular flexibility index (Phi) is 6.51. The molecule has 1 aromatic carbocycles. The third-order valence-electron chi connectivity index (χ3n) is 4.20. The van der Waals surface area contributed by atoms with Crippen LogP contribution in [0.5, 0.6) is 0 Å². The van der Waals surface area contributed by atoms with Crippen molar-refractivity contribution < 1.29 is 18.0 Å². The minimum absolute atomic E-state index is 0.0400. The quantitative estimate of drug-likeness (QED) is 0.726. The molecule has 1 aliphatic heterocycles. The van der Waals surface area contributed by atoms with E-state index >= 15 is 0 Å². The molecule has 1 fully saturated rings. The van der Waals surface area contributed by atoms with Crippen LogP contribution in [-0.2, 0) is 19.6 Å². The number of thioether (sulfide) groups is 1. The zero-order valence-corrected chi connectivity index (χ0v) is 16.2. The standard InChI is InChI=1S/C17H24N2O4S2/c1-3-11-25(22,23)18-16(21)17(2)9-10-19(13-17)15(20)12-24-14-7-5-4-6-8-14/h4-8H,3,9-13H2,1-2H3,(H,18,21). The Morgan fingerprint density at radius 2 is 1.96 bits per heavy atom. The van der Waals surface area contributed by atoms with Crippen LogP contribution in [0.2, 0.25) is 0 Å². The maximum atomic E-state index is 12.4. The number of hydrogen-bond acceptors (Lipinski definition) is 5. The van der Waals surface area contributed by atoms with Gasteiger partial charge in [-0.25, -0.2) is 8.42 Å². The Labute approximate surface area is 153 Å². The highest BCUT2D eigenvalue weighted by molar-refractivity contribution is 8.00. The molecule has 0 aromatic heterocycles. The molecule has 6 nitrogen and oxygen atoms in total. The molecule has 138 valence electrons. The van der Waals surface area contributed by atoms with E-state index in [1.54, 1.807) is 18.7 Å². The normalized spacial score (nSPS) is 20.5. The molecule has 8 heteroatoms. The van der Waals surface area contributed by atoms with Gasteiger partial charge in [0.1, 0.15) is 0 Å². The van der Waals surface area contributed by atoms with Crippen LogP contribution in [-0.4, -0.2) is 49.7 Å². The molecule has 1 heterocycles. The van der Waals surface area contributed by atoms with Gasteiger partial charge in [-0.05, 0) is 31.9 Å². The van der Waals surface area contributed by atoms with Crippen LogP contribution >= 0.6 is 11.8 Å². The van der Waals surface area contributed by atoms with E-state index < -0.39 is 21.3 Å². The number of likely N-dealkylation sites (tertiary alicyclic amines) is 1. The van der Waals surface area contributed by atoms with Crippen LogP contribution in [0.3, 0.4) is 0 Å². The topological polar surface area (TPSA) is 83.6 Å². The Bertz CT molecular complexity index is 721. The summed E-state index contributed by atoms with van der Waals surface area (Å²) in [6.45, 7) is 4.16. The number of carbonyl (C=O) groups is 2. The number of amides is 2. The SMILES string of the molecule is CCCS(=O)(=O)NC(=O)C1(C)CCN(C(=O)CSc2ccccc2)C1. The number of rotatable bonds is 7. The van der Waals surface area contributed by atoms with Crippen molar-refractivity contribution in [2.45, 2.75) is 31.6 Å². The van der Waals surface area contributed by atoms with Crippen molar-refractivity contribution in [3.63, 3.8) is 0 Å². The zero-order chi connectivity index (χ0) is 18.5. The summed E-state index contributed by atoms with van der Waals surface area (Å²) in [5.41, 5.74) is -0.867. The molecule has 1 atom stereocenters. The van der Waals surface area contributed by atoms with Crippen LogP contribution in [0.25, 0.3) is 0 Å². The molecule has 25 heavy (non-hydrogen) atoms. The molecule has 0 saturated carbocycles. The van der Waals surface area contributed by atoms with E-state index in [1.807, 2.05) is 30.3 Å². The number of hydrogen-bond donors (Lipinski definition) is 1. The van der Waals surface area contributed by atoms with Gasteiger partial charge < -0.3 is 4.90 Å². The van der Waals surface area contributed by atoms with E-state index in [0.717, 1.165) is 4.90 Å². The molecule has 0 aliphatic carbocycles. The highest BCUT2D eigenvalue weighted by Gasteiger charge is 2.43. The summed E-state index contributed by atoms with van der Waals surface area (Å²) in [6, 6.07) is 9.64. The molecule has 2 amide bonds. The summed E-state index contributed by atoms with van der Waals surface area (Å²) in [7, 11) is -3.60. The van der Waals surface area contributed by atoms with Crippen molar-refractivity contribution in [1.29, 1.82) is 0 Å². The summed E-state index contributed by atoms with van der Waals surface area (Å²) in [5, 5.41) is 0. The maximum Gasteiger partial charge on any atom is 0.241 e. The van der Waals surface area contributed by atoms with Crippen LogP contribution in [0.1, 0.15) is 26.7 Å². The van der Waals surface area contributed by atoms with Crippen LogP contribution in [0.4, 0.5) is 0 Å². The van der Waals surface area contributed by atoms with E-state index in [2.05, 4.69) is 4.72 Å². The first-order valence-electron chi connectivity index (χ1n) is 8.26. The number of sulfonamides is 1. The van der Waals surface area contributed by atoms with E-state index in [9.17, 15) is 18.0 Å². The maximum absolute atomic E-state index is 12.4. The molecule has 0 spiro atoms. The van der Waals surface area contributed by atoms with Crippen LogP contribution in [0.15, 0.2) is 35.2 Å². The average molecular weight is 385 g/mol. The minimum Gasteiger partial charge on any atom is -0.341 e. The van der Waals surface area contributed by atoms with Gasteiger partial charge in [-0.1, -0.05) is 25.1 Å². The van der Waals surface area contributed by atoms with Gasteiger partial charge in [-0.15, -0.1) is 11.8 Å². The fourth-order valence-corrected chi connectivity index (χ4v) is 4.69. The predicted octanol–water partition coefficient (Wildman–Crippen LogP) is 1.87. The highest BCUT2D eigenvalue weighted by Crippen LogP contribution is 2.31. The molecular formula is C17H24N2O4S2. The second-order valence-electron chi connectivity index (χ2n) is 6.48. The molecule has 1 N–H and O–H groups in total. The lowest BCUT2D eigenvalue weighted by Gasteiger charge is -2.23. The fraction of sp³-hybridized carbons (Fsp3) is 0.529. The van der Waals surface area contributed by atoms with Gasteiger partial charge in [0.25, 0.3) is 0 Å². The minimum atomic E-state index is -3.60. The summed E-state index contributed by atoms with van der Waals surface area (Å²) in [5.74, 6) is -0.338. The monoisotopic (exact) mass is 384 g/mol. The highest BCUT2D eigenvalue weighted by atomic mass is 32.2. The zero-order valence-electron chi connectivity index (χ0n) is 14.5. The largest absolute Gasteiger partial charge is 0.341 e. The molecule has 0 bridgehead atoms. The van der Waals surface area contributed by atoms with E-state index in [0.29, 0.717) is 25.1 Å². The van der Waals surface area contributed by atoms with Crippen LogP contribution < -0.4 is 4.72 Å². The number of benzene rings is 1. The van der Waals surface area contributed by atoms with Crippen molar-refractivity contribution in [3.8, 4) is 0 Å². The second kappa shape index (κ2) is 8.23. The average Bonchev–Trinajstić information content (AvgIpc) is 2.97. The van der Waals surface area contributed by atoms with E-state index in [1.165, 1.54) is 11.8 Å². The van der Waals surface area contributed by atoms with Crippen molar-refractivity contribution in [2.75, 3.05) is 24.6 Å². The summed E-state index contributed by atoms with van der Waals surface area (Å²) in [4.78, 5) is 27.4. The van der Waals surface area contributed by atoms with Crippen LogP contribution in [0, 0.1) is 5.41 Å². The smallest absolute Gasteiger partial charge is 0.241 e. The van der Waals surface area contributed by atoms with Gasteiger partial charge in [0, 0.05) is 18.0 Å². The number of nitrogens with zero attached hydrogens (tertiary/aromatic N) is 1. The lowest BCUT2D eigenvalue weighted by atomic mass is 9.89. The summed E-state index contributed by atoms with van der Waals surface area (Å²) >= 11 is 1.45. The molecule has 1 aromatic rings. The summed E-state index contributed by atoms with van der Waals surface area (Å²) in [6.07, 6.45) is 0.906. The molecule has 2 rings (SSSR count). The first kappa shape index (κ1) is 19.8. The first-order chi connectivity index (χ1) is 11.8. The van der Waals surface area contributed by atoms with E-state index in [-0.39, 0.29) is 18.2 Å². The Morgan fingerprint density at radius 3 is 2.60 bits per heavy atom. The Balaban J connectivity index is 1.90. The Morgan fingerprint density at radius 1 is 1.28 bits per heavy atom. The third-order valence-corrected chi connectivity index (χ3v) is 6.64. The van der Waals surface area contributed by atoms with Gasteiger partial charge in [0.2, 0.25) is 21.8 Å². The van der Waals surface area contributed by atoms with Gasteiger partial charge in [-0.3, -0.25) is 14.3 Å². The van der Waals surface area contributed by atoms with Gasteiger partial charge in [0.05, 0.1) is 16.9 Å². The molecule has 1 aliphatic rings. The first-order valence-corrected chi connectivity index (χ1v) is 10.9. The number of nitrogens with one attached hydrogen (secondary N) is 1. The van der Waals surface area contributed by atoms with Gasteiger partial charge in [-0.2, -0.15) is 0 Å². The van der Waals surface area contributed by atoms with Crippen molar-refractivity contribution >= 4 is 33.6 Å². The Hall–Kier alpha value is -1.54. The van der Waals surface area contributed by atoms with Crippen molar-refractivity contribution in [1.82, 2.24) is 9.62 Å². The molecule has 1 saturated heterocycles. The van der Waals surface area contributed by atoms with Gasteiger partial charge >= 0.3 is 0 Å². The lowest BCUT2D eigenvalue weighted by Crippen LogP contribution is -2.45. The third kappa shape index (κ3) is 5.47. The lowest BCUT2D eigenvalue weighted by molar-refractivity contribution is -0.130. The molecular weight excluding hydrogens is 360 g/mol. The summed E-state index contributed by atoms with van der Waals surface area (Å²) < 4.78 is 25.7. The van der Waals surface area contributed by atoms with Crippen molar-refractivity contribution in [2.24, 2.45) is 5.41 Å².